The minimum Gasteiger partial charge on any atom is -0.399 e. The van der Waals surface area contributed by atoms with Gasteiger partial charge in [0.2, 0.25) is 0 Å². The van der Waals surface area contributed by atoms with Crippen LogP contribution >= 0.6 is 0 Å². The summed E-state index contributed by atoms with van der Waals surface area (Å²) in [5, 5.41) is 20.3. The summed E-state index contributed by atoms with van der Waals surface area (Å²) in [5.74, 6) is 0. The van der Waals surface area contributed by atoms with Crippen LogP contribution in [0.4, 0.5) is 0 Å². The average molecular weight is 405 g/mol. The van der Waals surface area contributed by atoms with Gasteiger partial charge < -0.3 is 15.4 Å². The number of hydrogen-bond donors (Lipinski definition) is 2. The Bertz CT molecular complexity index is 972. The van der Waals surface area contributed by atoms with Gasteiger partial charge in [-0.1, -0.05) is 47.6 Å². The maximum absolute atomic E-state index is 8.90. The number of pyridine rings is 2. The van der Waals surface area contributed by atoms with Gasteiger partial charge in [-0.3, -0.25) is 9.97 Å². The summed E-state index contributed by atoms with van der Waals surface area (Å²) in [7, 11) is 1.53. The zero-order chi connectivity index (χ0) is 21.8. The van der Waals surface area contributed by atoms with Gasteiger partial charge in [0.25, 0.3) is 0 Å². The lowest BCUT2D eigenvalue weighted by atomic mass is 10.1. The lowest BCUT2D eigenvalue weighted by Gasteiger charge is -2.07. The molecule has 6 nitrogen and oxygen atoms in total. The van der Waals surface area contributed by atoms with E-state index in [-0.39, 0.29) is 6.61 Å². The number of aliphatic hydroxyl groups is 1. The molecule has 0 atom stereocenters. The fourth-order valence-corrected chi connectivity index (χ4v) is 2.70. The van der Waals surface area contributed by atoms with Crippen molar-refractivity contribution < 1.29 is 9.94 Å². The Kier molecular flexibility index (Phi) is 9.34. The van der Waals surface area contributed by atoms with E-state index in [4.69, 9.17) is 15.4 Å². The van der Waals surface area contributed by atoms with Crippen molar-refractivity contribution in [1.29, 1.82) is 5.41 Å². The molecule has 0 bridgehead atoms. The minimum absolute atomic E-state index is 0.170. The van der Waals surface area contributed by atoms with Crippen molar-refractivity contribution in [2.75, 3.05) is 13.7 Å². The zero-order valence-electron chi connectivity index (χ0n) is 17.7. The van der Waals surface area contributed by atoms with Crippen LogP contribution in [0.15, 0.2) is 71.9 Å². The zero-order valence-corrected chi connectivity index (χ0v) is 17.7. The van der Waals surface area contributed by atoms with Gasteiger partial charge in [-0.05, 0) is 51.0 Å². The second kappa shape index (κ2) is 12.2. The highest BCUT2D eigenvalue weighted by atomic mass is 16.6. The molecule has 0 spiro atoms. The number of aryl methyl sites for hydroxylation is 2. The van der Waals surface area contributed by atoms with Crippen LogP contribution < -0.4 is 0 Å². The molecule has 0 aliphatic rings. The molecule has 0 saturated heterocycles. The number of hydrogen-bond acceptors (Lipinski definition) is 6. The van der Waals surface area contributed by atoms with Gasteiger partial charge >= 0.3 is 0 Å². The second-order valence-corrected chi connectivity index (χ2v) is 6.62. The number of aromatic nitrogens is 2. The van der Waals surface area contributed by atoms with Crippen LogP contribution in [0.1, 0.15) is 41.7 Å². The predicted molar refractivity (Wildman–Crippen MR) is 120 cm³/mol. The van der Waals surface area contributed by atoms with Crippen molar-refractivity contribution >= 4 is 11.4 Å². The fraction of sp³-hybridized carbons (Fsp3) is 0.250. The van der Waals surface area contributed by atoms with Crippen molar-refractivity contribution in [1.82, 2.24) is 9.97 Å². The summed E-state index contributed by atoms with van der Waals surface area (Å²) in [5.41, 5.74) is 5.62. The number of oxime groups is 1. The SMILES string of the molecule is CC(=N)c1cccc(C)n1.CON=C(c1ccccc1)c1cccc(CCCO)n1. The largest absolute Gasteiger partial charge is 0.399 e. The highest BCUT2D eigenvalue weighted by Gasteiger charge is 2.10. The molecule has 0 aliphatic heterocycles. The van der Waals surface area contributed by atoms with E-state index >= 15 is 0 Å². The first kappa shape index (κ1) is 22.9. The Morgan fingerprint density at radius 2 is 1.67 bits per heavy atom. The van der Waals surface area contributed by atoms with E-state index in [9.17, 15) is 0 Å². The van der Waals surface area contributed by atoms with Crippen molar-refractivity contribution in [3.8, 4) is 0 Å². The molecule has 156 valence electrons. The molecule has 0 aliphatic carbocycles. The van der Waals surface area contributed by atoms with Crippen molar-refractivity contribution in [2.45, 2.75) is 26.7 Å². The molecular formula is C24H28N4O2. The van der Waals surface area contributed by atoms with Crippen molar-refractivity contribution in [2.24, 2.45) is 5.16 Å². The van der Waals surface area contributed by atoms with E-state index < -0.39 is 0 Å². The molecule has 0 fully saturated rings. The molecule has 2 aromatic heterocycles. The van der Waals surface area contributed by atoms with Crippen LogP contribution in [-0.2, 0) is 11.3 Å². The topological polar surface area (TPSA) is 91.5 Å². The summed E-state index contributed by atoms with van der Waals surface area (Å²) in [6.45, 7) is 3.83. The average Bonchev–Trinajstić information content (AvgIpc) is 2.77. The van der Waals surface area contributed by atoms with Crippen LogP contribution in [0, 0.1) is 12.3 Å². The molecule has 1 aromatic carbocycles. The molecule has 0 radical (unpaired) electrons. The lowest BCUT2D eigenvalue weighted by Crippen LogP contribution is -2.08. The van der Waals surface area contributed by atoms with Crippen LogP contribution in [0.3, 0.4) is 0 Å². The number of nitrogens with one attached hydrogen (secondary N) is 1. The van der Waals surface area contributed by atoms with Gasteiger partial charge in [0.1, 0.15) is 12.8 Å². The molecule has 0 amide bonds. The Morgan fingerprint density at radius 1 is 0.967 bits per heavy atom. The molecule has 2 heterocycles. The molecule has 0 unspecified atom stereocenters. The molecule has 6 heteroatoms. The van der Waals surface area contributed by atoms with Crippen LogP contribution in [-0.4, -0.2) is 40.2 Å². The van der Waals surface area contributed by atoms with E-state index in [2.05, 4.69) is 15.1 Å². The summed E-state index contributed by atoms with van der Waals surface area (Å²) in [6.07, 6.45) is 1.46. The maximum Gasteiger partial charge on any atom is 0.135 e. The first-order valence-corrected chi connectivity index (χ1v) is 9.78. The third-order valence-electron chi connectivity index (χ3n) is 4.14. The molecule has 3 aromatic rings. The molecule has 3 rings (SSSR count). The number of nitrogens with zero attached hydrogens (tertiary/aromatic N) is 3. The molecular weight excluding hydrogens is 376 g/mol. The highest BCUT2D eigenvalue weighted by molar-refractivity contribution is 6.11. The van der Waals surface area contributed by atoms with E-state index in [0.29, 0.717) is 17.8 Å². The van der Waals surface area contributed by atoms with Gasteiger partial charge in [-0.15, -0.1) is 0 Å². The highest BCUT2D eigenvalue weighted by Crippen LogP contribution is 2.11. The van der Waals surface area contributed by atoms with Crippen LogP contribution in [0.25, 0.3) is 0 Å². The smallest absolute Gasteiger partial charge is 0.135 e. The standard InChI is InChI=1S/C16H18N2O2.C8H10N2/c1-20-18-16(13-7-3-2-4-8-13)15-11-5-9-14(17-15)10-6-12-19;1-6-4-3-5-8(10-6)7(2)9/h2-5,7-9,11,19H,6,10,12H2,1H3;3-5,9H,1-2H3. The first-order valence-electron chi connectivity index (χ1n) is 9.78. The van der Waals surface area contributed by atoms with Crippen molar-refractivity contribution in [3.63, 3.8) is 0 Å². The van der Waals surface area contributed by atoms with Gasteiger partial charge in [-0.25, -0.2) is 0 Å². The van der Waals surface area contributed by atoms with Gasteiger partial charge in [-0.2, -0.15) is 0 Å². The van der Waals surface area contributed by atoms with Crippen molar-refractivity contribution in [3.05, 3.63) is 95.1 Å². The second-order valence-electron chi connectivity index (χ2n) is 6.62. The predicted octanol–water partition coefficient (Wildman–Crippen LogP) is 4.18. The van der Waals surface area contributed by atoms with Gasteiger partial charge in [0, 0.05) is 23.6 Å². The summed E-state index contributed by atoms with van der Waals surface area (Å²) in [4.78, 5) is 13.7. The third kappa shape index (κ3) is 7.22. The Hall–Kier alpha value is -3.38. The number of rotatable bonds is 7. The lowest BCUT2D eigenvalue weighted by molar-refractivity contribution is 0.214. The number of aliphatic hydroxyl groups excluding tert-OH is 1. The quantitative estimate of drug-likeness (QED) is 0.456. The molecule has 30 heavy (non-hydrogen) atoms. The van der Waals surface area contributed by atoms with Crippen LogP contribution in [0.5, 0.6) is 0 Å². The first-order chi connectivity index (χ1) is 14.5. The summed E-state index contributed by atoms with van der Waals surface area (Å²) in [6, 6.07) is 21.3. The van der Waals surface area contributed by atoms with E-state index in [1.54, 1.807) is 6.92 Å². The van der Waals surface area contributed by atoms with E-state index in [1.165, 1.54) is 7.11 Å². The van der Waals surface area contributed by atoms with E-state index in [0.717, 1.165) is 34.8 Å². The van der Waals surface area contributed by atoms with E-state index in [1.807, 2.05) is 73.7 Å². The minimum atomic E-state index is 0.170. The van der Waals surface area contributed by atoms with Crippen LogP contribution in [0.2, 0.25) is 0 Å². The molecule has 2 N–H and O–H groups in total. The normalized spacial score (nSPS) is 10.7. The summed E-state index contributed by atoms with van der Waals surface area (Å²) >= 11 is 0. The molecule has 0 saturated carbocycles. The van der Waals surface area contributed by atoms with Gasteiger partial charge in [0.15, 0.2) is 0 Å². The monoisotopic (exact) mass is 404 g/mol. The van der Waals surface area contributed by atoms with Gasteiger partial charge in [0.05, 0.1) is 17.1 Å². The fourth-order valence-electron chi connectivity index (χ4n) is 2.70. The number of benzene rings is 1. The Labute approximate surface area is 177 Å². The third-order valence-corrected chi connectivity index (χ3v) is 4.14. The maximum atomic E-state index is 8.90. The Balaban J connectivity index is 0.000000269. The Morgan fingerprint density at radius 3 is 2.27 bits per heavy atom. The summed E-state index contributed by atoms with van der Waals surface area (Å²) < 4.78 is 0.